The van der Waals surface area contributed by atoms with Crippen LogP contribution in [0.4, 0.5) is 4.39 Å². The van der Waals surface area contributed by atoms with Crippen LogP contribution < -0.4 is 10.9 Å². The number of halogens is 1. The zero-order valence-electron chi connectivity index (χ0n) is 17.7. The quantitative estimate of drug-likeness (QED) is 0.511. The van der Waals surface area contributed by atoms with Crippen molar-refractivity contribution in [2.24, 2.45) is 0 Å². The molecule has 162 valence electrons. The Hall–Kier alpha value is -2.83. The van der Waals surface area contributed by atoms with Gasteiger partial charge < -0.3 is 5.32 Å². The number of rotatable bonds is 4. The molecule has 2 aliphatic carbocycles. The van der Waals surface area contributed by atoms with Crippen LogP contribution >= 0.6 is 11.3 Å². The van der Waals surface area contributed by atoms with Gasteiger partial charge in [-0.2, -0.15) is 0 Å². The molecular weight excluding hydrogens is 421 g/mol. The molecule has 4 aromatic rings. The average Bonchev–Trinajstić information content (AvgIpc) is 3.37. The zero-order chi connectivity index (χ0) is 21.7. The summed E-state index contributed by atoms with van der Waals surface area (Å²) >= 11 is 1.64. The molecule has 2 aromatic carbocycles. The van der Waals surface area contributed by atoms with Gasteiger partial charge in [0.15, 0.2) is 0 Å². The van der Waals surface area contributed by atoms with Gasteiger partial charge in [-0.05, 0) is 54.9 Å². The third-order valence-electron chi connectivity index (χ3n) is 6.86. The van der Waals surface area contributed by atoms with Gasteiger partial charge in [0, 0.05) is 22.5 Å². The molecule has 1 atom stereocenters. The first kappa shape index (κ1) is 19.8. The fourth-order valence-corrected chi connectivity index (χ4v) is 6.53. The van der Waals surface area contributed by atoms with E-state index in [4.69, 9.17) is 0 Å². The molecule has 2 heterocycles. The lowest BCUT2D eigenvalue weighted by atomic mass is 9.92. The van der Waals surface area contributed by atoms with E-state index in [-0.39, 0.29) is 17.9 Å². The summed E-state index contributed by atoms with van der Waals surface area (Å²) in [5, 5.41) is 4.61. The fourth-order valence-electron chi connectivity index (χ4n) is 5.28. The van der Waals surface area contributed by atoms with Gasteiger partial charge in [0.2, 0.25) is 0 Å². The van der Waals surface area contributed by atoms with E-state index in [1.807, 2.05) is 0 Å². The maximum atomic E-state index is 14.1. The highest BCUT2D eigenvalue weighted by atomic mass is 32.1. The molecule has 2 aliphatic rings. The standard InChI is InChI=1S/C26H24FN3OS/c27-22-8-4-3-7-18(22)14-30-15-28-25-24(26(30)31)21-10-9-19(13-23(21)32-25)29-20-11-16-5-1-2-6-17(16)12-20/h1-8,15,19-20,29H,9-14H2/t19-/m0/s1. The lowest BCUT2D eigenvalue weighted by molar-refractivity contribution is 0.402. The second-order valence-corrected chi connectivity index (χ2v) is 10.0. The molecule has 0 aliphatic heterocycles. The van der Waals surface area contributed by atoms with Crippen molar-refractivity contribution < 1.29 is 4.39 Å². The van der Waals surface area contributed by atoms with Crippen LogP contribution in [0.2, 0.25) is 0 Å². The van der Waals surface area contributed by atoms with E-state index in [0.29, 0.717) is 17.6 Å². The van der Waals surface area contributed by atoms with Crippen LogP contribution in [0, 0.1) is 5.82 Å². The number of hydrogen-bond donors (Lipinski definition) is 1. The summed E-state index contributed by atoms with van der Waals surface area (Å²) in [4.78, 5) is 19.9. The highest BCUT2D eigenvalue weighted by Gasteiger charge is 2.28. The number of thiophene rings is 1. The molecule has 0 fully saturated rings. The molecule has 4 nitrogen and oxygen atoms in total. The van der Waals surface area contributed by atoms with E-state index in [1.54, 1.807) is 35.9 Å². The number of aryl methyl sites for hydroxylation is 1. The lowest BCUT2D eigenvalue weighted by Gasteiger charge is -2.26. The molecule has 6 heteroatoms. The lowest BCUT2D eigenvalue weighted by Crippen LogP contribution is -2.41. The summed E-state index contributed by atoms with van der Waals surface area (Å²) in [5.74, 6) is -0.296. The highest BCUT2D eigenvalue weighted by molar-refractivity contribution is 7.18. The number of nitrogens with one attached hydrogen (secondary N) is 1. The Morgan fingerprint density at radius 3 is 2.56 bits per heavy atom. The Bertz CT molecular complexity index is 1350. The van der Waals surface area contributed by atoms with Gasteiger partial charge >= 0.3 is 0 Å². The molecule has 0 spiro atoms. The van der Waals surface area contributed by atoms with Gasteiger partial charge in [-0.25, -0.2) is 9.37 Å². The van der Waals surface area contributed by atoms with Crippen molar-refractivity contribution in [2.75, 3.05) is 0 Å². The maximum absolute atomic E-state index is 14.1. The highest BCUT2D eigenvalue weighted by Crippen LogP contribution is 2.34. The normalized spacial score (nSPS) is 18.1. The van der Waals surface area contributed by atoms with E-state index in [1.165, 1.54) is 26.6 Å². The van der Waals surface area contributed by atoms with Gasteiger partial charge in [-0.3, -0.25) is 9.36 Å². The maximum Gasteiger partial charge on any atom is 0.262 e. The second kappa shape index (κ2) is 7.94. The van der Waals surface area contributed by atoms with E-state index >= 15 is 0 Å². The summed E-state index contributed by atoms with van der Waals surface area (Å²) in [5.41, 5.74) is 4.51. The van der Waals surface area contributed by atoms with Crippen molar-refractivity contribution >= 4 is 21.6 Å². The van der Waals surface area contributed by atoms with Crippen LogP contribution in [0.25, 0.3) is 10.2 Å². The first-order valence-electron chi connectivity index (χ1n) is 11.2. The Morgan fingerprint density at radius 2 is 1.78 bits per heavy atom. The minimum atomic E-state index is -0.296. The van der Waals surface area contributed by atoms with Crippen molar-refractivity contribution in [3.63, 3.8) is 0 Å². The number of fused-ring (bicyclic) bond motifs is 4. The Balaban J connectivity index is 1.23. The van der Waals surface area contributed by atoms with Crippen molar-refractivity contribution in [1.29, 1.82) is 0 Å². The third kappa shape index (κ3) is 3.48. The second-order valence-electron chi connectivity index (χ2n) is 8.93. The Kier molecular flexibility index (Phi) is 4.92. The van der Waals surface area contributed by atoms with E-state index in [2.05, 4.69) is 34.6 Å². The van der Waals surface area contributed by atoms with Crippen LogP contribution in [0.3, 0.4) is 0 Å². The van der Waals surface area contributed by atoms with Crippen LogP contribution in [0.5, 0.6) is 0 Å². The average molecular weight is 446 g/mol. The van der Waals surface area contributed by atoms with E-state index in [9.17, 15) is 9.18 Å². The predicted octanol–water partition coefficient (Wildman–Crippen LogP) is 4.26. The van der Waals surface area contributed by atoms with E-state index in [0.717, 1.165) is 47.9 Å². The molecule has 32 heavy (non-hydrogen) atoms. The van der Waals surface area contributed by atoms with Crippen molar-refractivity contribution in [2.45, 2.75) is 50.7 Å². The number of aromatic nitrogens is 2. The van der Waals surface area contributed by atoms with Crippen LogP contribution in [-0.2, 0) is 32.2 Å². The number of nitrogens with zero attached hydrogens (tertiary/aromatic N) is 2. The molecule has 6 rings (SSSR count). The molecule has 0 amide bonds. The number of benzene rings is 2. The summed E-state index contributed by atoms with van der Waals surface area (Å²) < 4.78 is 15.6. The minimum absolute atomic E-state index is 0.0617. The van der Waals surface area contributed by atoms with Gasteiger partial charge in [-0.15, -0.1) is 11.3 Å². The van der Waals surface area contributed by atoms with Gasteiger partial charge in [0.25, 0.3) is 5.56 Å². The SMILES string of the molecule is O=c1c2c3c(sc2ncn1Cc1ccccc1F)C[C@@H](NC1Cc2ccccc2C1)CC3. The molecule has 1 N–H and O–H groups in total. The monoisotopic (exact) mass is 445 g/mol. The Morgan fingerprint density at radius 1 is 1.03 bits per heavy atom. The molecule has 0 saturated carbocycles. The minimum Gasteiger partial charge on any atom is -0.310 e. The Labute approximate surface area is 189 Å². The van der Waals surface area contributed by atoms with Crippen molar-refractivity contribution in [3.05, 3.63) is 98.2 Å². The fraction of sp³-hybridized carbons (Fsp3) is 0.308. The zero-order valence-corrected chi connectivity index (χ0v) is 18.5. The molecule has 0 bridgehead atoms. The molecular formula is C26H24FN3OS. The summed E-state index contributed by atoms with van der Waals surface area (Å²) in [6.45, 7) is 0.200. The largest absolute Gasteiger partial charge is 0.310 e. The number of hydrogen-bond acceptors (Lipinski definition) is 4. The summed E-state index contributed by atoms with van der Waals surface area (Å²) in [6.07, 6.45) is 6.59. The molecule has 2 aromatic heterocycles. The summed E-state index contributed by atoms with van der Waals surface area (Å²) in [7, 11) is 0. The van der Waals surface area contributed by atoms with Crippen molar-refractivity contribution in [1.82, 2.24) is 14.9 Å². The van der Waals surface area contributed by atoms with E-state index < -0.39 is 0 Å². The third-order valence-corrected chi connectivity index (χ3v) is 8.02. The van der Waals surface area contributed by atoms with Gasteiger partial charge in [0.1, 0.15) is 10.6 Å². The van der Waals surface area contributed by atoms with Crippen LogP contribution in [0.1, 0.15) is 33.6 Å². The van der Waals surface area contributed by atoms with Gasteiger partial charge in [0.05, 0.1) is 18.3 Å². The van der Waals surface area contributed by atoms with Gasteiger partial charge in [-0.1, -0.05) is 42.5 Å². The molecule has 0 unspecified atom stereocenters. The molecule has 0 radical (unpaired) electrons. The smallest absolute Gasteiger partial charge is 0.262 e. The molecule has 0 saturated heterocycles. The van der Waals surface area contributed by atoms with Crippen LogP contribution in [0.15, 0.2) is 59.7 Å². The first-order valence-corrected chi connectivity index (χ1v) is 12.0. The predicted molar refractivity (Wildman–Crippen MR) is 126 cm³/mol. The first-order chi connectivity index (χ1) is 15.7. The summed E-state index contributed by atoms with van der Waals surface area (Å²) in [6, 6.07) is 16.2. The topological polar surface area (TPSA) is 46.9 Å². The van der Waals surface area contributed by atoms with Crippen LogP contribution in [-0.4, -0.2) is 21.6 Å². The van der Waals surface area contributed by atoms with Crippen molar-refractivity contribution in [3.8, 4) is 0 Å².